The molecular weight excluding hydrogens is 300 g/mol. The molecule has 0 bridgehead atoms. The van der Waals surface area contributed by atoms with Crippen LogP contribution in [-0.4, -0.2) is 47.4 Å². The van der Waals surface area contributed by atoms with Crippen molar-refractivity contribution in [2.24, 2.45) is 0 Å². The summed E-state index contributed by atoms with van der Waals surface area (Å²) in [6, 6.07) is 11.7. The maximum absolute atomic E-state index is 12.3. The van der Waals surface area contributed by atoms with Crippen molar-refractivity contribution in [3.63, 3.8) is 0 Å². The molecule has 1 N–H and O–H groups in total. The minimum Gasteiger partial charge on any atom is -0.352 e. The molecule has 1 amide bonds. The standard InChI is InChI=1S/C19H22N4O/c1-22(2)11-4-9-21-19(24)16-6-3-5-15(13-16)17-7-8-18-20-10-12-23(18)14-17/h3,5-8,10,12-14H,4,9,11H2,1-2H3,(H,21,24). The Morgan fingerprint density at radius 2 is 2.08 bits per heavy atom. The fraction of sp³-hybridized carbons (Fsp3) is 0.263. The lowest BCUT2D eigenvalue weighted by Gasteiger charge is -2.10. The van der Waals surface area contributed by atoms with Crippen LogP contribution in [0.1, 0.15) is 16.8 Å². The van der Waals surface area contributed by atoms with E-state index in [0.717, 1.165) is 29.7 Å². The maximum Gasteiger partial charge on any atom is 0.251 e. The van der Waals surface area contributed by atoms with Gasteiger partial charge in [-0.15, -0.1) is 0 Å². The normalized spacial score (nSPS) is 11.1. The highest BCUT2D eigenvalue weighted by molar-refractivity contribution is 5.95. The van der Waals surface area contributed by atoms with E-state index in [4.69, 9.17) is 0 Å². The van der Waals surface area contributed by atoms with Crippen LogP contribution in [0, 0.1) is 0 Å². The van der Waals surface area contributed by atoms with Crippen LogP contribution in [0.4, 0.5) is 0 Å². The van der Waals surface area contributed by atoms with E-state index in [1.54, 1.807) is 6.20 Å². The van der Waals surface area contributed by atoms with Gasteiger partial charge in [0.05, 0.1) is 0 Å². The summed E-state index contributed by atoms with van der Waals surface area (Å²) >= 11 is 0. The predicted octanol–water partition coefficient (Wildman–Crippen LogP) is 2.68. The van der Waals surface area contributed by atoms with Crippen molar-refractivity contribution in [1.82, 2.24) is 19.6 Å². The van der Waals surface area contributed by atoms with Gasteiger partial charge in [-0.05, 0) is 62.5 Å². The van der Waals surface area contributed by atoms with Crippen LogP contribution in [0.15, 0.2) is 55.0 Å². The van der Waals surface area contributed by atoms with Gasteiger partial charge in [0, 0.05) is 30.7 Å². The number of carbonyl (C=O) groups is 1. The number of imidazole rings is 1. The minimum atomic E-state index is -0.0284. The molecule has 0 aliphatic heterocycles. The zero-order chi connectivity index (χ0) is 16.9. The van der Waals surface area contributed by atoms with Gasteiger partial charge in [-0.1, -0.05) is 12.1 Å². The topological polar surface area (TPSA) is 49.6 Å². The van der Waals surface area contributed by atoms with Crippen molar-refractivity contribution in [2.75, 3.05) is 27.2 Å². The van der Waals surface area contributed by atoms with Crippen molar-refractivity contribution in [1.29, 1.82) is 0 Å². The van der Waals surface area contributed by atoms with Gasteiger partial charge in [-0.25, -0.2) is 4.98 Å². The fourth-order valence-electron chi connectivity index (χ4n) is 2.63. The smallest absolute Gasteiger partial charge is 0.251 e. The molecular formula is C19H22N4O. The van der Waals surface area contributed by atoms with E-state index in [2.05, 4.69) is 15.2 Å². The van der Waals surface area contributed by atoms with Crippen LogP contribution in [0.2, 0.25) is 0 Å². The van der Waals surface area contributed by atoms with Gasteiger partial charge >= 0.3 is 0 Å². The summed E-state index contributed by atoms with van der Waals surface area (Å²) in [5.41, 5.74) is 3.67. The molecule has 0 aliphatic carbocycles. The van der Waals surface area contributed by atoms with Crippen LogP contribution in [0.25, 0.3) is 16.8 Å². The van der Waals surface area contributed by atoms with Gasteiger partial charge in [0.15, 0.2) is 0 Å². The maximum atomic E-state index is 12.3. The summed E-state index contributed by atoms with van der Waals surface area (Å²) in [5, 5.41) is 2.98. The number of fused-ring (bicyclic) bond motifs is 1. The second kappa shape index (κ2) is 7.27. The van der Waals surface area contributed by atoms with E-state index in [-0.39, 0.29) is 5.91 Å². The Bertz CT molecular complexity index is 838. The Morgan fingerprint density at radius 3 is 2.92 bits per heavy atom. The Morgan fingerprint density at radius 1 is 1.21 bits per heavy atom. The number of pyridine rings is 1. The molecule has 0 saturated carbocycles. The molecule has 124 valence electrons. The monoisotopic (exact) mass is 322 g/mol. The van der Waals surface area contributed by atoms with Gasteiger partial charge in [0.25, 0.3) is 5.91 Å². The Kier molecular flexibility index (Phi) is 4.91. The summed E-state index contributed by atoms with van der Waals surface area (Å²) in [5.74, 6) is -0.0284. The first-order valence-corrected chi connectivity index (χ1v) is 8.09. The molecule has 5 heteroatoms. The van der Waals surface area contributed by atoms with Crippen LogP contribution in [0.5, 0.6) is 0 Å². The van der Waals surface area contributed by atoms with Crippen molar-refractivity contribution in [2.45, 2.75) is 6.42 Å². The van der Waals surface area contributed by atoms with Gasteiger partial charge in [0.2, 0.25) is 0 Å². The third-order valence-electron chi connectivity index (χ3n) is 3.91. The largest absolute Gasteiger partial charge is 0.352 e. The number of carbonyl (C=O) groups excluding carboxylic acids is 1. The first-order chi connectivity index (χ1) is 11.6. The van der Waals surface area contributed by atoms with Gasteiger partial charge in [-0.2, -0.15) is 0 Å². The molecule has 24 heavy (non-hydrogen) atoms. The zero-order valence-electron chi connectivity index (χ0n) is 14.1. The summed E-state index contributed by atoms with van der Waals surface area (Å²) in [4.78, 5) is 18.7. The van der Waals surface area contributed by atoms with Crippen molar-refractivity contribution in [3.8, 4) is 11.1 Å². The number of benzene rings is 1. The lowest BCUT2D eigenvalue weighted by molar-refractivity contribution is 0.0952. The quantitative estimate of drug-likeness (QED) is 0.710. The third-order valence-corrected chi connectivity index (χ3v) is 3.91. The molecule has 0 saturated heterocycles. The molecule has 1 aromatic carbocycles. The number of aromatic nitrogens is 2. The molecule has 0 spiro atoms. The fourth-order valence-corrected chi connectivity index (χ4v) is 2.63. The highest BCUT2D eigenvalue weighted by atomic mass is 16.1. The van der Waals surface area contributed by atoms with E-state index < -0.39 is 0 Å². The number of rotatable bonds is 6. The SMILES string of the molecule is CN(C)CCCNC(=O)c1cccc(-c2ccc3nccn3c2)c1. The molecule has 0 aliphatic rings. The molecule has 3 rings (SSSR count). The highest BCUT2D eigenvalue weighted by Gasteiger charge is 2.07. The second-order valence-electron chi connectivity index (χ2n) is 6.10. The van der Waals surface area contributed by atoms with E-state index in [1.165, 1.54) is 0 Å². The molecule has 0 atom stereocenters. The lowest BCUT2D eigenvalue weighted by Crippen LogP contribution is -2.27. The first kappa shape index (κ1) is 16.2. The van der Waals surface area contributed by atoms with Crippen molar-refractivity contribution < 1.29 is 4.79 Å². The van der Waals surface area contributed by atoms with E-state index >= 15 is 0 Å². The Labute approximate surface area is 141 Å². The average Bonchev–Trinajstić information content (AvgIpc) is 3.06. The lowest BCUT2D eigenvalue weighted by atomic mass is 10.0. The third kappa shape index (κ3) is 3.81. The summed E-state index contributed by atoms with van der Waals surface area (Å²) < 4.78 is 1.98. The molecule has 3 aromatic rings. The Hall–Kier alpha value is -2.66. The predicted molar refractivity (Wildman–Crippen MR) is 96.1 cm³/mol. The van der Waals surface area contributed by atoms with Crippen molar-refractivity contribution in [3.05, 3.63) is 60.6 Å². The molecule has 0 radical (unpaired) electrons. The van der Waals surface area contributed by atoms with Crippen LogP contribution in [0.3, 0.4) is 0 Å². The van der Waals surface area contributed by atoms with Gasteiger partial charge in [0.1, 0.15) is 5.65 Å². The molecule has 5 nitrogen and oxygen atoms in total. The zero-order valence-corrected chi connectivity index (χ0v) is 14.1. The van der Waals surface area contributed by atoms with Crippen molar-refractivity contribution >= 4 is 11.6 Å². The number of hydrogen-bond acceptors (Lipinski definition) is 3. The molecule has 0 fully saturated rings. The number of amides is 1. The number of hydrogen-bond donors (Lipinski definition) is 1. The van der Waals surface area contributed by atoms with Gasteiger partial charge < -0.3 is 14.6 Å². The summed E-state index contributed by atoms with van der Waals surface area (Å²) in [7, 11) is 4.06. The van der Waals surface area contributed by atoms with Crippen LogP contribution >= 0.6 is 0 Å². The average molecular weight is 322 g/mol. The van der Waals surface area contributed by atoms with E-state index in [1.807, 2.05) is 67.3 Å². The first-order valence-electron chi connectivity index (χ1n) is 8.09. The molecule has 0 unspecified atom stereocenters. The van der Waals surface area contributed by atoms with Crippen LogP contribution < -0.4 is 5.32 Å². The second-order valence-corrected chi connectivity index (χ2v) is 6.10. The Balaban J connectivity index is 1.72. The molecule has 2 aromatic heterocycles. The molecule has 2 heterocycles. The number of nitrogens with one attached hydrogen (secondary N) is 1. The van der Waals surface area contributed by atoms with E-state index in [0.29, 0.717) is 12.1 Å². The van der Waals surface area contributed by atoms with Crippen LogP contribution in [-0.2, 0) is 0 Å². The number of nitrogens with zero attached hydrogens (tertiary/aromatic N) is 3. The highest BCUT2D eigenvalue weighted by Crippen LogP contribution is 2.21. The van der Waals surface area contributed by atoms with Gasteiger partial charge in [-0.3, -0.25) is 4.79 Å². The minimum absolute atomic E-state index is 0.0284. The summed E-state index contributed by atoms with van der Waals surface area (Å²) in [6.45, 7) is 1.65. The van der Waals surface area contributed by atoms with E-state index in [9.17, 15) is 4.79 Å². The summed E-state index contributed by atoms with van der Waals surface area (Å²) in [6.07, 6.45) is 6.66.